The van der Waals surface area contributed by atoms with Gasteiger partial charge in [-0.15, -0.1) is 0 Å². The number of anilines is 1. The van der Waals surface area contributed by atoms with E-state index < -0.39 is 0 Å². The van der Waals surface area contributed by atoms with Gasteiger partial charge in [0, 0.05) is 30.9 Å². The van der Waals surface area contributed by atoms with E-state index in [0.717, 1.165) is 32.5 Å². The largest absolute Gasteiger partial charge is 0.351 e. The summed E-state index contributed by atoms with van der Waals surface area (Å²) in [6.07, 6.45) is 6.45. The standard InChI is InChI=1S/C13H20N4/c1-2-6-17(10-7-14-8-10)13-11-4-3-5-12(11)15-9-16-13/h9-10,14H,2-8H2,1H3. The molecule has 1 N–H and O–H groups in total. The molecule has 1 aliphatic carbocycles. The lowest BCUT2D eigenvalue weighted by Gasteiger charge is -2.39. The van der Waals surface area contributed by atoms with Crippen molar-refractivity contribution in [3.8, 4) is 0 Å². The normalized spacial score (nSPS) is 18.9. The molecule has 0 atom stereocenters. The van der Waals surface area contributed by atoms with Crippen LogP contribution in [0, 0.1) is 0 Å². The molecule has 1 aliphatic heterocycles. The molecule has 0 bridgehead atoms. The molecule has 0 saturated carbocycles. The van der Waals surface area contributed by atoms with Crippen LogP contribution in [0.2, 0.25) is 0 Å². The molecular formula is C13H20N4. The highest BCUT2D eigenvalue weighted by Crippen LogP contribution is 2.29. The highest BCUT2D eigenvalue weighted by Gasteiger charge is 2.28. The van der Waals surface area contributed by atoms with Crippen LogP contribution in [0.25, 0.3) is 0 Å². The van der Waals surface area contributed by atoms with Crippen LogP contribution in [0.5, 0.6) is 0 Å². The Balaban J connectivity index is 1.92. The fourth-order valence-electron chi connectivity index (χ4n) is 2.79. The van der Waals surface area contributed by atoms with Gasteiger partial charge in [-0.1, -0.05) is 6.92 Å². The fourth-order valence-corrected chi connectivity index (χ4v) is 2.79. The summed E-state index contributed by atoms with van der Waals surface area (Å²) in [5.41, 5.74) is 2.69. The first-order chi connectivity index (χ1) is 8.40. The van der Waals surface area contributed by atoms with Crippen LogP contribution in [-0.4, -0.2) is 35.6 Å². The second-order valence-electron chi connectivity index (χ2n) is 4.98. The molecule has 0 amide bonds. The molecule has 4 heteroatoms. The molecule has 1 aromatic heterocycles. The number of hydrogen-bond donors (Lipinski definition) is 1. The highest BCUT2D eigenvalue weighted by atomic mass is 15.3. The van der Waals surface area contributed by atoms with Gasteiger partial charge < -0.3 is 10.2 Å². The maximum Gasteiger partial charge on any atom is 0.135 e. The van der Waals surface area contributed by atoms with E-state index in [0.29, 0.717) is 6.04 Å². The lowest BCUT2D eigenvalue weighted by molar-refractivity contribution is 0.409. The maximum atomic E-state index is 4.56. The first-order valence-corrected chi connectivity index (χ1v) is 6.70. The minimum Gasteiger partial charge on any atom is -0.351 e. The van der Waals surface area contributed by atoms with E-state index in [-0.39, 0.29) is 0 Å². The molecule has 1 saturated heterocycles. The van der Waals surface area contributed by atoms with Crippen LogP contribution in [0.15, 0.2) is 6.33 Å². The number of nitrogens with one attached hydrogen (secondary N) is 1. The van der Waals surface area contributed by atoms with Gasteiger partial charge in [0.1, 0.15) is 12.1 Å². The highest BCUT2D eigenvalue weighted by molar-refractivity contribution is 5.51. The molecule has 2 aliphatic rings. The quantitative estimate of drug-likeness (QED) is 0.845. The van der Waals surface area contributed by atoms with Gasteiger partial charge >= 0.3 is 0 Å². The van der Waals surface area contributed by atoms with Crippen LogP contribution in [-0.2, 0) is 12.8 Å². The summed E-state index contributed by atoms with van der Waals surface area (Å²) < 4.78 is 0. The van der Waals surface area contributed by atoms with Crippen molar-refractivity contribution in [2.24, 2.45) is 0 Å². The predicted molar refractivity (Wildman–Crippen MR) is 68.4 cm³/mol. The van der Waals surface area contributed by atoms with E-state index in [1.807, 2.05) is 0 Å². The smallest absolute Gasteiger partial charge is 0.135 e. The molecule has 17 heavy (non-hydrogen) atoms. The van der Waals surface area contributed by atoms with E-state index in [1.165, 1.54) is 29.9 Å². The zero-order valence-electron chi connectivity index (χ0n) is 10.4. The molecule has 4 nitrogen and oxygen atoms in total. The van der Waals surface area contributed by atoms with Gasteiger partial charge in [-0.2, -0.15) is 0 Å². The number of aryl methyl sites for hydroxylation is 1. The maximum absolute atomic E-state index is 4.56. The van der Waals surface area contributed by atoms with Gasteiger partial charge in [0.2, 0.25) is 0 Å². The van der Waals surface area contributed by atoms with Crippen molar-refractivity contribution in [1.29, 1.82) is 0 Å². The zero-order chi connectivity index (χ0) is 11.7. The Hall–Kier alpha value is -1.16. The van der Waals surface area contributed by atoms with Crippen LogP contribution >= 0.6 is 0 Å². The Bertz CT molecular complexity index is 400. The van der Waals surface area contributed by atoms with Crippen LogP contribution in [0.1, 0.15) is 31.0 Å². The van der Waals surface area contributed by atoms with Crippen LogP contribution in [0.3, 0.4) is 0 Å². The Kier molecular flexibility index (Phi) is 2.97. The predicted octanol–water partition coefficient (Wildman–Crippen LogP) is 1.15. The van der Waals surface area contributed by atoms with Gasteiger partial charge in [0.05, 0.1) is 6.04 Å². The summed E-state index contributed by atoms with van der Waals surface area (Å²) in [4.78, 5) is 11.5. The molecule has 0 unspecified atom stereocenters. The second kappa shape index (κ2) is 4.61. The van der Waals surface area contributed by atoms with Crippen molar-refractivity contribution in [2.45, 2.75) is 38.6 Å². The summed E-state index contributed by atoms with van der Waals surface area (Å²) in [6, 6.07) is 0.634. The van der Waals surface area contributed by atoms with E-state index >= 15 is 0 Å². The summed E-state index contributed by atoms with van der Waals surface area (Å²) in [5.74, 6) is 1.21. The van der Waals surface area contributed by atoms with Crippen molar-refractivity contribution >= 4 is 5.82 Å². The van der Waals surface area contributed by atoms with Gasteiger partial charge in [-0.25, -0.2) is 9.97 Å². The third-order valence-corrected chi connectivity index (χ3v) is 3.79. The summed E-state index contributed by atoms with van der Waals surface area (Å²) in [6.45, 7) is 5.54. The third kappa shape index (κ3) is 1.90. The van der Waals surface area contributed by atoms with Gasteiger partial charge in [-0.05, 0) is 25.7 Å². The Morgan fingerprint density at radius 1 is 1.35 bits per heavy atom. The van der Waals surface area contributed by atoms with E-state index in [4.69, 9.17) is 0 Å². The number of hydrogen-bond acceptors (Lipinski definition) is 4. The summed E-state index contributed by atoms with van der Waals surface area (Å²) in [5, 5.41) is 3.35. The first kappa shape index (κ1) is 11.0. The van der Waals surface area contributed by atoms with Crippen LogP contribution in [0.4, 0.5) is 5.82 Å². The Labute approximate surface area is 102 Å². The lowest BCUT2D eigenvalue weighted by atomic mass is 10.1. The lowest BCUT2D eigenvalue weighted by Crippen LogP contribution is -2.58. The third-order valence-electron chi connectivity index (χ3n) is 3.79. The number of aromatic nitrogens is 2. The van der Waals surface area contributed by atoms with Gasteiger partial charge in [0.15, 0.2) is 0 Å². The van der Waals surface area contributed by atoms with Crippen molar-refractivity contribution < 1.29 is 0 Å². The monoisotopic (exact) mass is 232 g/mol. The van der Waals surface area contributed by atoms with Crippen molar-refractivity contribution in [2.75, 3.05) is 24.5 Å². The molecule has 1 fully saturated rings. The van der Waals surface area contributed by atoms with Gasteiger partial charge in [-0.3, -0.25) is 0 Å². The van der Waals surface area contributed by atoms with Crippen LogP contribution < -0.4 is 10.2 Å². The molecule has 2 heterocycles. The minimum atomic E-state index is 0.634. The minimum absolute atomic E-state index is 0.634. The second-order valence-corrected chi connectivity index (χ2v) is 4.98. The summed E-state index contributed by atoms with van der Waals surface area (Å²) in [7, 11) is 0. The topological polar surface area (TPSA) is 41.1 Å². The Morgan fingerprint density at radius 2 is 2.24 bits per heavy atom. The zero-order valence-corrected chi connectivity index (χ0v) is 10.4. The SMILES string of the molecule is CCCN(c1ncnc2c1CCC2)C1CNC1. The van der Waals surface area contributed by atoms with E-state index in [9.17, 15) is 0 Å². The van der Waals surface area contributed by atoms with Crippen molar-refractivity contribution in [1.82, 2.24) is 15.3 Å². The molecule has 0 aromatic carbocycles. The molecule has 0 radical (unpaired) electrons. The fraction of sp³-hybridized carbons (Fsp3) is 0.692. The molecule has 0 spiro atoms. The average molecular weight is 232 g/mol. The molecule has 92 valence electrons. The van der Waals surface area contributed by atoms with E-state index in [1.54, 1.807) is 6.33 Å². The number of fused-ring (bicyclic) bond motifs is 1. The van der Waals surface area contributed by atoms with Crippen molar-refractivity contribution in [3.63, 3.8) is 0 Å². The first-order valence-electron chi connectivity index (χ1n) is 6.70. The Morgan fingerprint density at radius 3 is 2.94 bits per heavy atom. The average Bonchev–Trinajstić information content (AvgIpc) is 2.73. The number of nitrogens with zero attached hydrogens (tertiary/aromatic N) is 3. The molecule has 1 aromatic rings. The van der Waals surface area contributed by atoms with E-state index in [2.05, 4.69) is 27.1 Å². The van der Waals surface area contributed by atoms with Crippen molar-refractivity contribution in [3.05, 3.63) is 17.6 Å². The molecular weight excluding hydrogens is 212 g/mol. The van der Waals surface area contributed by atoms with Gasteiger partial charge in [0.25, 0.3) is 0 Å². The summed E-state index contributed by atoms with van der Waals surface area (Å²) >= 11 is 0. The number of rotatable bonds is 4. The molecule has 3 rings (SSSR count).